The number of aliphatic imine (C=N–C) groups is 1. The molecule has 2 heterocycles. The van der Waals surface area contributed by atoms with Crippen LogP contribution in [-0.4, -0.2) is 67.0 Å². The third-order valence-electron chi connectivity index (χ3n) is 3.84. The van der Waals surface area contributed by atoms with Gasteiger partial charge in [0.1, 0.15) is 6.10 Å². The molecule has 8 nitrogen and oxygen atoms in total. The Bertz CT molecular complexity index is 563. The summed E-state index contributed by atoms with van der Waals surface area (Å²) in [6.07, 6.45) is 3.75. The zero-order valence-electron chi connectivity index (χ0n) is 14.6. The number of rotatable bonds is 4. The molecule has 9 heteroatoms. The van der Waals surface area contributed by atoms with Crippen LogP contribution in [0.5, 0.6) is 0 Å². The van der Waals surface area contributed by atoms with E-state index in [9.17, 15) is 4.79 Å². The maximum Gasteiger partial charge on any atom is 0.310 e. The molecule has 1 aliphatic rings. The summed E-state index contributed by atoms with van der Waals surface area (Å²) in [6.45, 7) is 4.37. The number of nitrogens with one attached hydrogen (secondary N) is 1. The van der Waals surface area contributed by atoms with Crippen LogP contribution in [0.25, 0.3) is 0 Å². The lowest BCUT2D eigenvalue weighted by molar-refractivity contribution is -0.144. The van der Waals surface area contributed by atoms with Gasteiger partial charge in [-0.2, -0.15) is 5.10 Å². The first-order valence-corrected chi connectivity index (χ1v) is 7.68. The van der Waals surface area contributed by atoms with Crippen LogP contribution < -0.4 is 5.32 Å². The van der Waals surface area contributed by atoms with Crippen LogP contribution in [0.2, 0.25) is 0 Å². The van der Waals surface area contributed by atoms with E-state index in [1.807, 2.05) is 26.4 Å². The number of ether oxygens (including phenoxy) is 2. The van der Waals surface area contributed by atoms with Crippen molar-refractivity contribution < 1.29 is 14.3 Å². The maximum atomic E-state index is 11.5. The van der Waals surface area contributed by atoms with Gasteiger partial charge >= 0.3 is 5.97 Å². The molecule has 1 aliphatic heterocycles. The molecule has 136 valence electrons. The van der Waals surface area contributed by atoms with E-state index in [2.05, 4.69) is 20.3 Å². The van der Waals surface area contributed by atoms with Crippen molar-refractivity contribution in [1.82, 2.24) is 20.0 Å². The number of halogens is 1. The lowest BCUT2D eigenvalue weighted by Crippen LogP contribution is -2.49. The van der Waals surface area contributed by atoms with Gasteiger partial charge in [-0.15, -0.1) is 24.0 Å². The highest BCUT2D eigenvalue weighted by Crippen LogP contribution is 2.21. The van der Waals surface area contributed by atoms with Gasteiger partial charge in [0.2, 0.25) is 0 Å². The highest BCUT2D eigenvalue weighted by molar-refractivity contribution is 14.0. The van der Waals surface area contributed by atoms with Gasteiger partial charge in [-0.3, -0.25) is 14.5 Å². The highest BCUT2D eigenvalue weighted by atomic mass is 127. The minimum absolute atomic E-state index is 0. The van der Waals surface area contributed by atoms with Gasteiger partial charge < -0.3 is 19.7 Å². The summed E-state index contributed by atoms with van der Waals surface area (Å²) in [6, 6.07) is 0. The topological polar surface area (TPSA) is 81.0 Å². The molecule has 1 fully saturated rings. The van der Waals surface area contributed by atoms with Crippen LogP contribution in [0, 0.1) is 5.92 Å². The number of morpholine rings is 1. The number of nitrogens with zero attached hydrogens (tertiary/aromatic N) is 4. The van der Waals surface area contributed by atoms with E-state index in [-0.39, 0.29) is 42.0 Å². The summed E-state index contributed by atoms with van der Waals surface area (Å²) in [4.78, 5) is 17.9. The third-order valence-corrected chi connectivity index (χ3v) is 3.84. The molecule has 0 bridgehead atoms. The van der Waals surface area contributed by atoms with Gasteiger partial charge in [0.15, 0.2) is 5.96 Å². The first-order valence-electron chi connectivity index (χ1n) is 7.68. The number of hydrogen-bond donors (Lipinski definition) is 1. The van der Waals surface area contributed by atoms with Crippen LogP contribution in [-0.2, 0) is 21.3 Å². The fourth-order valence-electron chi connectivity index (χ4n) is 2.51. The summed E-state index contributed by atoms with van der Waals surface area (Å²) in [5.74, 6) is 0.299. The summed E-state index contributed by atoms with van der Waals surface area (Å²) in [5, 5.41) is 7.42. The fourth-order valence-corrected chi connectivity index (χ4v) is 2.51. The van der Waals surface area contributed by atoms with Gasteiger partial charge in [0.05, 0.1) is 32.4 Å². The van der Waals surface area contributed by atoms with Crippen molar-refractivity contribution in [1.29, 1.82) is 0 Å². The molecule has 1 aromatic rings. The van der Waals surface area contributed by atoms with Gasteiger partial charge in [-0.25, -0.2) is 0 Å². The number of esters is 1. The molecule has 0 spiro atoms. The van der Waals surface area contributed by atoms with E-state index < -0.39 is 0 Å². The van der Waals surface area contributed by atoms with Gasteiger partial charge in [-0.05, 0) is 0 Å². The zero-order valence-corrected chi connectivity index (χ0v) is 16.9. The van der Waals surface area contributed by atoms with E-state index in [1.165, 1.54) is 7.11 Å². The predicted octanol–water partition coefficient (Wildman–Crippen LogP) is 0.796. The van der Waals surface area contributed by atoms with Gasteiger partial charge in [0, 0.05) is 38.9 Å². The summed E-state index contributed by atoms with van der Waals surface area (Å²) < 4.78 is 12.3. The van der Waals surface area contributed by atoms with Crippen molar-refractivity contribution >= 4 is 35.9 Å². The molecule has 2 rings (SSSR count). The number of carbonyl (C=O) groups is 1. The largest absolute Gasteiger partial charge is 0.469 e. The second kappa shape index (κ2) is 9.82. The lowest BCUT2D eigenvalue weighted by Gasteiger charge is -2.35. The maximum absolute atomic E-state index is 11.5. The van der Waals surface area contributed by atoms with Gasteiger partial charge in [-0.1, -0.05) is 6.92 Å². The standard InChI is InChI=1S/C15H25N5O3.HI/c1-11(14(21)22-4)7-17-15(16-2)20-5-6-23-13(10-20)12-8-18-19(3)9-12;/h8-9,11,13H,5-7,10H2,1-4H3,(H,16,17);1H. The second-order valence-electron chi connectivity index (χ2n) is 5.61. The predicted molar refractivity (Wildman–Crippen MR) is 101 cm³/mol. The van der Waals surface area contributed by atoms with Crippen molar-refractivity contribution in [3.05, 3.63) is 18.0 Å². The minimum atomic E-state index is -0.233. The minimum Gasteiger partial charge on any atom is -0.469 e. The van der Waals surface area contributed by atoms with E-state index in [1.54, 1.807) is 11.7 Å². The Hall–Kier alpha value is -1.36. The van der Waals surface area contributed by atoms with Crippen molar-refractivity contribution in [2.45, 2.75) is 13.0 Å². The summed E-state index contributed by atoms with van der Waals surface area (Å²) in [5.41, 5.74) is 1.05. The summed E-state index contributed by atoms with van der Waals surface area (Å²) >= 11 is 0. The first-order chi connectivity index (χ1) is 11.0. The smallest absolute Gasteiger partial charge is 0.310 e. The Morgan fingerprint density at radius 2 is 2.38 bits per heavy atom. The molecule has 0 saturated carbocycles. The number of hydrogen-bond acceptors (Lipinski definition) is 5. The fraction of sp³-hybridized carbons (Fsp3) is 0.667. The van der Waals surface area contributed by atoms with Gasteiger partial charge in [0.25, 0.3) is 0 Å². The van der Waals surface area contributed by atoms with Crippen LogP contribution in [0.4, 0.5) is 0 Å². The molecule has 2 atom stereocenters. The molecule has 0 aliphatic carbocycles. The number of carbonyl (C=O) groups excluding carboxylic acids is 1. The van der Waals surface area contributed by atoms with E-state index >= 15 is 0 Å². The zero-order chi connectivity index (χ0) is 16.8. The first kappa shape index (κ1) is 20.7. The van der Waals surface area contributed by atoms with Crippen LogP contribution >= 0.6 is 24.0 Å². The Kier molecular flexibility index (Phi) is 8.46. The second-order valence-corrected chi connectivity index (χ2v) is 5.61. The molecule has 1 aromatic heterocycles. The molecule has 0 amide bonds. The molecule has 24 heavy (non-hydrogen) atoms. The van der Waals surface area contributed by atoms with E-state index in [4.69, 9.17) is 9.47 Å². The SMILES string of the molecule is CN=C(NCC(C)C(=O)OC)N1CCOC(c2cnn(C)c2)C1.I. The summed E-state index contributed by atoms with van der Waals surface area (Å²) in [7, 11) is 5.02. The molecular weight excluding hydrogens is 425 g/mol. The van der Waals surface area contributed by atoms with Crippen molar-refractivity contribution in [3.8, 4) is 0 Å². The third kappa shape index (κ3) is 5.33. The van der Waals surface area contributed by atoms with Crippen molar-refractivity contribution in [2.24, 2.45) is 18.0 Å². The molecule has 2 unspecified atom stereocenters. The molecule has 1 saturated heterocycles. The Morgan fingerprint density at radius 1 is 1.62 bits per heavy atom. The number of guanidine groups is 1. The molecular formula is C15H26IN5O3. The Labute approximate surface area is 159 Å². The molecule has 1 N–H and O–H groups in total. The van der Waals surface area contributed by atoms with Crippen LogP contribution in [0.3, 0.4) is 0 Å². The van der Waals surface area contributed by atoms with Crippen molar-refractivity contribution in [2.75, 3.05) is 40.4 Å². The molecule has 0 radical (unpaired) electrons. The average Bonchev–Trinajstić information content (AvgIpc) is 3.01. The number of aromatic nitrogens is 2. The van der Waals surface area contributed by atoms with E-state index in [0.717, 1.165) is 18.1 Å². The molecule has 0 aromatic carbocycles. The lowest BCUT2D eigenvalue weighted by atomic mass is 10.1. The average molecular weight is 451 g/mol. The Morgan fingerprint density at radius 3 is 2.96 bits per heavy atom. The number of methoxy groups -OCH3 is 1. The normalized spacial score (nSPS) is 19.4. The number of aryl methyl sites for hydroxylation is 1. The van der Waals surface area contributed by atoms with Crippen LogP contribution in [0.1, 0.15) is 18.6 Å². The highest BCUT2D eigenvalue weighted by Gasteiger charge is 2.25. The monoisotopic (exact) mass is 451 g/mol. The van der Waals surface area contributed by atoms with E-state index in [0.29, 0.717) is 19.7 Å². The Balaban J connectivity index is 0.00000288. The quantitative estimate of drug-likeness (QED) is 0.316. The van der Waals surface area contributed by atoms with Crippen molar-refractivity contribution in [3.63, 3.8) is 0 Å². The van der Waals surface area contributed by atoms with Crippen LogP contribution in [0.15, 0.2) is 17.4 Å².